The highest BCUT2D eigenvalue weighted by Crippen LogP contribution is 2.04. The van der Waals surface area contributed by atoms with Crippen molar-refractivity contribution in [2.45, 2.75) is 0 Å². The summed E-state index contributed by atoms with van der Waals surface area (Å²) in [7, 11) is 0. The summed E-state index contributed by atoms with van der Waals surface area (Å²) in [4.78, 5) is 19.8. The van der Waals surface area contributed by atoms with Crippen LogP contribution in [0.1, 0.15) is 10.5 Å². The Kier molecular flexibility index (Phi) is 1.95. The summed E-state index contributed by atoms with van der Waals surface area (Å²) >= 11 is 0. The van der Waals surface area contributed by atoms with Crippen LogP contribution in [0, 0.1) is 0 Å². The third kappa shape index (κ3) is 1.72. The number of rotatable bonds is 2. The molecule has 0 aliphatic rings. The van der Waals surface area contributed by atoms with Gasteiger partial charge in [0.05, 0.1) is 6.20 Å². The Balaban J connectivity index is 2.92. The number of carbonyl (C=O) groups is 1. The van der Waals surface area contributed by atoms with Crippen molar-refractivity contribution >= 4 is 17.9 Å². The molecule has 0 atom stereocenters. The van der Waals surface area contributed by atoms with Gasteiger partial charge in [0.15, 0.2) is 5.96 Å². The maximum Gasteiger partial charge on any atom is 0.354 e. The number of hydrogen-bond donors (Lipinski definition) is 4. The Morgan fingerprint density at radius 3 is 2.75 bits per heavy atom. The Morgan fingerprint density at radius 2 is 2.33 bits per heavy atom. The predicted octanol–water partition coefficient (Wildman–Crippen LogP) is -0.987. The zero-order chi connectivity index (χ0) is 9.14. The number of carboxylic acids is 1. The SMILES string of the molecule is NC(N)=Nc1ncc(C(=O)O)[nH]1. The van der Waals surface area contributed by atoms with Crippen LogP contribution >= 0.6 is 0 Å². The van der Waals surface area contributed by atoms with Gasteiger partial charge < -0.3 is 21.6 Å². The molecule has 0 unspecified atom stereocenters. The number of imidazole rings is 1. The lowest BCUT2D eigenvalue weighted by atomic mass is 10.5. The summed E-state index contributed by atoms with van der Waals surface area (Å²) in [6.45, 7) is 0. The number of hydrogen-bond acceptors (Lipinski definition) is 3. The molecule has 0 radical (unpaired) electrons. The molecule has 0 aliphatic carbocycles. The quantitative estimate of drug-likeness (QED) is 0.333. The molecule has 0 aromatic carbocycles. The summed E-state index contributed by atoms with van der Waals surface area (Å²) in [6.07, 6.45) is 1.13. The summed E-state index contributed by atoms with van der Waals surface area (Å²) < 4.78 is 0. The zero-order valence-corrected chi connectivity index (χ0v) is 5.98. The zero-order valence-electron chi connectivity index (χ0n) is 5.98. The number of guanidine groups is 1. The minimum absolute atomic E-state index is 0.0602. The van der Waals surface area contributed by atoms with Crippen LogP contribution in [-0.4, -0.2) is 27.0 Å². The summed E-state index contributed by atoms with van der Waals surface area (Å²) in [5, 5.41) is 8.45. The van der Waals surface area contributed by atoms with E-state index in [0.717, 1.165) is 6.20 Å². The Morgan fingerprint density at radius 1 is 1.67 bits per heavy atom. The first-order valence-corrected chi connectivity index (χ1v) is 2.97. The van der Waals surface area contributed by atoms with Gasteiger partial charge in [-0.2, -0.15) is 4.99 Å². The van der Waals surface area contributed by atoms with Gasteiger partial charge in [-0.1, -0.05) is 0 Å². The van der Waals surface area contributed by atoms with E-state index >= 15 is 0 Å². The first-order chi connectivity index (χ1) is 5.59. The van der Waals surface area contributed by atoms with Crippen LogP contribution in [0.4, 0.5) is 5.95 Å². The van der Waals surface area contributed by atoms with Crippen molar-refractivity contribution in [1.29, 1.82) is 0 Å². The number of carboxylic acid groups (broad SMARTS) is 1. The monoisotopic (exact) mass is 169 g/mol. The summed E-state index contributed by atoms with van der Waals surface area (Å²) in [5.74, 6) is -1.21. The van der Waals surface area contributed by atoms with Gasteiger partial charge in [0.1, 0.15) is 5.69 Å². The highest BCUT2D eigenvalue weighted by molar-refractivity contribution is 5.85. The van der Waals surface area contributed by atoms with E-state index in [2.05, 4.69) is 15.0 Å². The van der Waals surface area contributed by atoms with Gasteiger partial charge >= 0.3 is 5.97 Å². The van der Waals surface area contributed by atoms with Gasteiger partial charge in [-0.25, -0.2) is 9.78 Å². The lowest BCUT2D eigenvalue weighted by Crippen LogP contribution is -2.22. The van der Waals surface area contributed by atoms with Crippen LogP contribution in [0.5, 0.6) is 0 Å². The van der Waals surface area contributed by atoms with Crippen LogP contribution in [0.25, 0.3) is 0 Å². The molecule has 0 fully saturated rings. The van der Waals surface area contributed by atoms with Gasteiger partial charge in [0.2, 0.25) is 5.95 Å². The molecule has 1 aromatic rings. The number of nitrogens with one attached hydrogen (secondary N) is 1. The minimum Gasteiger partial charge on any atom is -0.477 e. The molecule has 7 heteroatoms. The van der Waals surface area contributed by atoms with Crippen molar-refractivity contribution in [3.63, 3.8) is 0 Å². The second-order valence-electron chi connectivity index (χ2n) is 1.96. The van der Waals surface area contributed by atoms with Crippen molar-refractivity contribution in [3.8, 4) is 0 Å². The van der Waals surface area contributed by atoms with E-state index in [0.29, 0.717) is 0 Å². The topological polar surface area (TPSA) is 130 Å². The van der Waals surface area contributed by atoms with Crippen LogP contribution in [0.3, 0.4) is 0 Å². The molecule has 64 valence electrons. The molecule has 0 aliphatic heterocycles. The maximum atomic E-state index is 10.3. The highest BCUT2D eigenvalue weighted by atomic mass is 16.4. The third-order valence-electron chi connectivity index (χ3n) is 1.03. The number of nitrogens with zero attached hydrogens (tertiary/aromatic N) is 2. The first-order valence-electron chi connectivity index (χ1n) is 2.97. The summed E-state index contributed by atoms with van der Waals surface area (Å²) in [5.41, 5.74) is 10.0. The van der Waals surface area contributed by atoms with Gasteiger partial charge in [0, 0.05) is 0 Å². The number of nitrogens with two attached hydrogens (primary N) is 2. The smallest absolute Gasteiger partial charge is 0.354 e. The molecule has 7 nitrogen and oxygen atoms in total. The Hall–Kier alpha value is -2.05. The van der Waals surface area contributed by atoms with Crippen LogP contribution < -0.4 is 11.5 Å². The number of aromatic nitrogens is 2. The molecular formula is C5H7N5O2. The number of aromatic carboxylic acids is 1. The van der Waals surface area contributed by atoms with Crippen LogP contribution in [0.15, 0.2) is 11.2 Å². The Labute approximate surface area is 67.1 Å². The molecule has 0 bridgehead atoms. The molecule has 6 N–H and O–H groups in total. The Bertz CT molecular complexity index is 324. The molecule has 1 heterocycles. The summed E-state index contributed by atoms with van der Waals surface area (Å²) in [6, 6.07) is 0. The molecule has 0 spiro atoms. The highest BCUT2D eigenvalue weighted by Gasteiger charge is 2.05. The van der Waals surface area contributed by atoms with Crippen molar-refractivity contribution in [2.75, 3.05) is 0 Å². The standard InChI is InChI=1S/C5H7N5O2/c6-4(7)10-5-8-1-2(9-5)3(11)12/h1H,(H,11,12)(H5,6,7,8,9,10). The van der Waals surface area contributed by atoms with Crippen molar-refractivity contribution in [3.05, 3.63) is 11.9 Å². The van der Waals surface area contributed by atoms with E-state index in [9.17, 15) is 4.79 Å². The molecule has 0 saturated heterocycles. The minimum atomic E-state index is -1.11. The van der Waals surface area contributed by atoms with Crippen molar-refractivity contribution in [1.82, 2.24) is 9.97 Å². The van der Waals surface area contributed by atoms with Gasteiger partial charge in [-0.05, 0) is 0 Å². The van der Waals surface area contributed by atoms with Gasteiger partial charge in [-0.15, -0.1) is 0 Å². The van der Waals surface area contributed by atoms with Crippen LogP contribution in [-0.2, 0) is 0 Å². The van der Waals surface area contributed by atoms with E-state index in [4.69, 9.17) is 16.6 Å². The average Bonchev–Trinajstić information content (AvgIpc) is 2.34. The second kappa shape index (κ2) is 2.91. The number of H-pyrrole nitrogens is 1. The largest absolute Gasteiger partial charge is 0.477 e. The fourth-order valence-electron chi connectivity index (χ4n) is 0.598. The molecular weight excluding hydrogens is 162 g/mol. The van der Waals surface area contributed by atoms with E-state index in [1.54, 1.807) is 0 Å². The normalized spacial score (nSPS) is 9.33. The van der Waals surface area contributed by atoms with Crippen LogP contribution in [0.2, 0.25) is 0 Å². The fourth-order valence-corrected chi connectivity index (χ4v) is 0.598. The predicted molar refractivity (Wildman–Crippen MR) is 41.0 cm³/mol. The van der Waals surface area contributed by atoms with Crippen molar-refractivity contribution in [2.24, 2.45) is 16.5 Å². The third-order valence-corrected chi connectivity index (χ3v) is 1.03. The molecule has 0 saturated carbocycles. The average molecular weight is 169 g/mol. The molecule has 1 aromatic heterocycles. The first kappa shape index (κ1) is 8.05. The van der Waals surface area contributed by atoms with E-state index in [-0.39, 0.29) is 17.6 Å². The van der Waals surface area contributed by atoms with E-state index in [1.165, 1.54) is 0 Å². The molecule has 1 rings (SSSR count). The van der Waals surface area contributed by atoms with Crippen molar-refractivity contribution < 1.29 is 9.90 Å². The number of aromatic amines is 1. The lowest BCUT2D eigenvalue weighted by Gasteiger charge is -1.86. The number of aliphatic imine (C=N–C) groups is 1. The fraction of sp³-hybridized carbons (Fsp3) is 0. The van der Waals surface area contributed by atoms with Gasteiger partial charge in [0.25, 0.3) is 0 Å². The second-order valence-corrected chi connectivity index (χ2v) is 1.96. The van der Waals surface area contributed by atoms with Gasteiger partial charge in [-0.3, -0.25) is 0 Å². The van der Waals surface area contributed by atoms with E-state index in [1.807, 2.05) is 0 Å². The molecule has 12 heavy (non-hydrogen) atoms. The molecule has 0 amide bonds. The van der Waals surface area contributed by atoms with E-state index < -0.39 is 5.97 Å². The lowest BCUT2D eigenvalue weighted by molar-refractivity contribution is 0.0691. The maximum absolute atomic E-state index is 10.3.